The maximum atomic E-state index is 12.6. The molecule has 3 heterocycles. The van der Waals surface area contributed by atoms with Crippen molar-refractivity contribution in [2.45, 2.75) is 51.1 Å². The molecule has 4 rings (SSSR count). The van der Waals surface area contributed by atoms with E-state index in [1.165, 1.54) is 32.4 Å². The first kappa shape index (κ1) is 18.2. The van der Waals surface area contributed by atoms with Crippen LogP contribution >= 0.6 is 0 Å². The highest BCUT2D eigenvalue weighted by molar-refractivity contribution is 5.77. The zero-order valence-electron chi connectivity index (χ0n) is 15.8. The van der Waals surface area contributed by atoms with Crippen LogP contribution in [0, 0.1) is 0 Å². The molecule has 2 saturated heterocycles. The lowest BCUT2D eigenvalue weighted by molar-refractivity contribution is -0.133. The molecule has 0 spiro atoms. The lowest BCUT2D eigenvalue weighted by Crippen LogP contribution is -2.48. The number of carbonyl (C=O) groups is 1. The number of hydrogen-bond acceptors (Lipinski definition) is 4. The molecule has 144 valence electrons. The molecule has 2 aromatic rings. The Kier molecular flexibility index (Phi) is 5.53. The quantitative estimate of drug-likeness (QED) is 0.831. The van der Waals surface area contributed by atoms with Crippen molar-refractivity contribution >= 4 is 16.8 Å². The average Bonchev–Trinajstić information content (AvgIpc) is 2.74. The lowest BCUT2D eigenvalue weighted by atomic mass is 10.00. The number of hydrogen-bond donors (Lipinski definition) is 0. The van der Waals surface area contributed by atoms with Gasteiger partial charge in [-0.25, -0.2) is 4.98 Å². The standard InChI is InChI=1S/C21H28N4O2/c26-20(24-13-8-17(9-14-24)23-11-4-1-5-12-23)10-15-25-16-22-19-7-3-2-6-18(19)21(25)27/h2-3,6-7,16-17H,1,4-5,8-15H2. The van der Waals surface area contributed by atoms with Gasteiger partial charge in [0.1, 0.15) is 0 Å². The fourth-order valence-electron chi connectivity index (χ4n) is 4.40. The summed E-state index contributed by atoms with van der Waals surface area (Å²) in [6.45, 7) is 4.50. The molecular weight excluding hydrogens is 340 g/mol. The number of nitrogens with zero attached hydrogens (tertiary/aromatic N) is 4. The highest BCUT2D eigenvalue weighted by atomic mass is 16.2. The van der Waals surface area contributed by atoms with Crippen LogP contribution in [0.5, 0.6) is 0 Å². The number of rotatable bonds is 4. The van der Waals surface area contributed by atoms with Gasteiger partial charge in [-0.3, -0.25) is 14.2 Å². The van der Waals surface area contributed by atoms with Gasteiger partial charge in [-0.05, 0) is 50.9 Å². The molecule has 0 saturated carbocycles. The molecule has 0 radical (unpaired) electrons. The maximum absolute atomic E-state index is 12.6. The van der Waals surface area contributed by atoms with Crippen LogP contribution in [0.2, 0.25) is 0 Å². The molecule has 6 heteroatoms. The maximum Gasteiger partial charge on any atom is 0.261 e. The Bertz CT molecular complexity index is 849. The fourth-order valence-corrected chi connectivity index (χ4v) is 4.40. The monoisotopic (exact) mass is 368 g/mol. The summed E-state index contributed by atoms with van der Waals surface area (Å²) < 4.78 is 1.56. The molecule has 2 fully saturated rings. The van der Waals surface area contributed by atoms with Crippen molar-refractivity contribution in [3.05, 3.63) is 40.9 Å². The molecule has 0 aliphatic carbocycles. The van der Waals surface area contributed by atoms with Gasteiger partial charge in [-0.1, -0.05) is 18.6 Å². The highest BCUT2D eigenvalue weighted by Gasteiger charge is 2.27. The van der Waals surface area contributed by atoms with E-state index in [1.54, 1.807) is 17.0 Å². The molecule has 1 aromatic heterocycles. The zero-order valence-corrected chi connectivity index (χ0v) is 15.8. The van der Waals surface area contributed by atoms with E-state index in [2.05, 4.69) is 9.88 Å². The van der Waals surface area contributed by atoms with E-state index >= 15 is 0 Å². The third-order valence-electron chi connectivity index (χ3n) is 6.02. The van der Waals surface area contributed by atoms with Crippen molar-refractivity contribution in [3.63, 3.8) is 0 Å². The molecule has 27 heavy (non-hydrogen) atoms. The molecule has 2 aliphatic rings. The second-order valence-electron chi connectivity index (χ2n) is 7.72. The third kappa shape index (κ3) is 4.05. The Labute approximate surface area is 159 Å². The second-order valence-corrected chi connectivity index (χ2v) is 7.72. The Morgan fingerprint density at radius 2 is 1.78 bits per heavy atom. The van der Waals surface area contributed by atoms with Crippen LogP contribution in [-0.2, 0) is 11.3 Å². The number of benzene rings is 1. The number of fused-ring (bicyclic) bond motifs is 1. The fraction of sp³-hybridized carbons (Fsp3) is 0.571. The summed E-state index contributed by atoms with van der Waals surface area (Å²) in [4.78, 5) is 34.0. The molecule has 6 nitrogen and oxygen atoms in total. The Morgan fingerprint density at radius 3 is 2.56 bits per heavy atom. The SMILES string of the molecule is O=C(CCn1cnc2ccccc2c1=O)N1CCC(N2CCCCC2)CC1. The van der Waals surface area contributed by atoms with Gasteiger partial charge in [0.25, 0.3) is 5.56 Å². The molecule has 1 amide bonds. The lowest BCUT2D eigenvalue weighted by Gasteiger charge is -2.40. The van der Waals surface area contributed by atoms with E-state index in [0.29, 0.717) is 29.9 Å². The van der Waals surface area contributed by atoms with Gasteiger partial charge < -0.3 is 9.80 Å². The van der Waals surface area contributed by atoms with E-state index in [-0.39, 0.29) is 11.5 Å². The summed E-state index contributed by atoms with van der Waals surface area (Å²) in [6, 6.07) is 7.97. The third-order valence-corrected chi connectivity index (χ3v) is 6.02. The second kappa shape index (κ2) is 8.21. The first-order valence-electron chi connectivity index (χ1n) is 10.2. The van der Waals surface area contributed by atoms with E-state index in [9.17, 15) is 9.59 Å². The summed E-state index contributed by atoms with van der Waals surface area (Å²) in [5.41, 5.74) is 0.627. The summed E-state index contributed by atoms with van der Waals surface area (Å²) >= 11 is 0. The van der Waals surface area contributed by atoms with Gasteiger partial charge in [-0.2, -0.15) is 0 Å². The van der Waals surface area contributed by atoms with Crippen LogP contribution in [0.15, 0.2) is 35.4 Å². The molecule has 2 aliphatic heterocycles. The number of amides is 1. The molecule has 0 unspecified atom stereocenters. The van der Waals surface area contributed by atoms with Gasteiger partial charge in [0, 0.05) is 32.1 Å². The van der Waals surface area contributed by atoms with Crippen molar-refractivity contribution in [2.24, 2.45) is 0 Å². The zero-order chi connectivity index (χ0) is 18.6. The molecule has 1 aromatic carbocycles. The van der Waals surface area contributed by atoms with Crippen molar-refractivity contribution in [1.82, 2.24) is 19.4 Å². The Morgan fingerprint density at radius 1 is 1.04 bits per heavy atom. The van der Waals surface area contributed by atoms with Gasteiger partial charge in [0.05, 0.1) is 17.2 Å². The summed E-state index contributed by atoms with van der Waals surface area (Å²) in [7, 11) is 0. The smallest absolute Gasteiger partial charge is 0.261 e. The van der Waals surface area contributed by atoms with Crippen LogP contribution in [0.4, 0.5) is 0 Å². The normalized spacial score (nSPS) is 19.5. The van der Waals surface area contributed by atoms with Gasteiger partial charge >= 0.3 is 0 Å². The topological polar surface area (TPSA) is 58.4 Å². The van der Waals surface area contributed by atoms with Crippen LogP contribution in [-0.4, -0.2) is 57.5 Å². The van der Waals surface area contributed by atoms with Crippen LogP contribution in [0.3, 0.4) is 0 Å². The largest absolute Gasteiger partial charge is 0.343 e. The highest BCUT2D eigenvalue weighted by Crippen LogP contribution is 2.21. The molecular formula is C21H28N4O2. The Hall–Kier alpha value is -2.21. The van der Waals surface area contributed by atoms with E-state index < -0.39 is 0 Å². The molecule has 0 N–H and O–H groups in total. The minimum absolute atomic E-state index is 0.0720. The van der Waals surface area contributed by atoms with Crippen molar-refractivity contribution in [1.29, 1.82) is 0 Å². The number of piperidine rings is 2. The first-order valence-corrected chi connectivity index (χ1v) is 10.2. The van der Waals surface area contributed by atoms with Crippen LogP contribution < -0.4 is 5.56 Å². The predicted octanol–water partition coefficient (Wildman–Crippen LogP) is 2.26. The number of para-hydroxylation sites is 1. The summed E-state index contributed by atoms with van der Waals surface area (Å²) in [5.74, 6) is 0.146. The van der Waals surface area contributed by atoms with Crippen molar-refractivity contribution in [2.75, 3.05) is 26.2 Å². The molecule has 0 bridgehead atoms. The van der Waals surface area contributed by atoms with Gasteiger partial charge in [0.15, 0.2) is 0 Å². The van der Waals surface area contributed by atoms with Crippen LogP contribution in [0.1, 0.15) is 38.5 Å². The molecule has 0 atom stereocenters. The minimum Gasteiger partial charge on any atom is -0.343 e. The number of carbonyl (C=O) groups excluding carboxylic acids is 1. The van der Waals surface area contributed by atoms with Gasteiger partial charge in [-0.15, -0.1) is 0 Å². The predicted molar refractivity (Wildman–Crippen MR) is 106 cm³/mol. The number of likely N-dealkylation sites (tertiary alicyclic amines) is 2. The van der Waals surface area contributed by atoms with E-state index in [4.69, 9.17) is 0 Å². The minimum atomic E-state index is -0.0720. The van der Waals surface area contributed by atoms with E-state index in [1.807, 2.05) is 23.1 Å². The van der Waals surface area contributed by atoms with Crippen molar-refractivity contribution < 1.29 is 4.79 Å². The summed E-state index contributed by atoms with van der Waals surface area (Å²) in [6.07, 6.45) is 8.04. The number of aromatic nitrogens is 2. The first-order chi connectivity index (χ1) is 13.2. The summed E-state index contributed by atoms with van der Waals surface area (Å²) in [5, 5.41) is 0.606. The van der Waals surface area contributed by atoms with Crippen molar-refractivity contribution in [3.8, 4) is 0 Å². The van der Waals surface area contributed by atoms with Gasteiger partial charge in [0.2, 0.25) is 5.91 Å². The number of aryl methyl sites for hydroxylation is 1. The average molecular weight is 368 g/mol. The van der Waals surface area contributed by atoms with E-state index in [0.717, 1.165) is 25.9 Å². The Balaban J connectivity index is 1.31. The van der Waals surface area contributed by atoms with Crippen LogP contribution in [0.25, 0.3) is 10.9 Å².